The summed E-state index contributed by atoms with van der Waals surface area (Å²) in [5, 5.41) is 12.3. The molecule has 2 heterocycles. The molecule has 2 aromatic carbocycles. The van der Waals surface area contributed by atoms with Crippen molar-refractivity contribution in [2.24, 2.45) is 0 Å². The summed E-state index contributed by atoms with van der Waals surface area (Å²) in [5.74, 6) is 1.49. The molecule has 4 rings (SSSR count). The number of nitrogens with zero attached hydrogens (tertiary/aromatic N) is 5. The highest BCUT2D eigenvalue weighted by molar-refractivity contribution is 7.88. The highest BCUT2D eigenvalue weighted by Gasteiger charge is 2.23. The number of hydrogen-bond donors (Lipinski definition) is 1. The van der Waals surface area contributed by atoms with Gasteiger partial charge >= 0.3 is 0 Å². The zero-order valence-corrected chi connectivity index (χ0v) is 22.0. The molecular weight excluding hydrogens is 488 g/mol. The van der Waals surface area contributed by atoms with Crippen LogP contribution in [0.5, 0.6) is 11.6 Å². The highest BCUT2D eigenvalue weighted by atomic mass is 32.2. The lowest BCUT2D eigenvalue weighted by Crippen LogP contribution is -2.47. The van der Waals surface area contributed by atoms with Crippen LogP contribution < -0.4 is 10.1 Å². The van der Waals surface area contributed by atoms with E-state index >= 15 is 0 Å². The van der Waals surface area contributed by atoms with Gasteiger partial charge in [0.25, 0.3) is 0 Å². The number of piperazine rings is 1. The average Bonchev–Trinajstić information content (AvgIpc) is 2.87. The van der Waals surface area contributed by atoms with Crippen molar-refractivity contribution < 1.29 is 13.2 Å². The van der Waals surface area contributed by atoms with Gasteiger partial charge in [0.2, 0.25) is 21.9 Å². The van der Waals surface area contributed by atoms with E-state index < -0.39 is 10.0 Å². The van der Waals surface area contributed by atoms with Crippen LogP contribution in [0, 0.1) is 25.2 Å². The van der Waals surface area contributed by atoms with Crippen LogP contribution in [-0.2, 0) is 16.6 Å². The maximum absolute atomic E-state index is 11.7. The first kappa shape index (κ1) is 26.3. The van der Waals surface area contributed by atoms with Gasteiger partial charge in [-0.3, -0.25) is 4.90 Å². The number of nitrogens with one attached hydrogen (secondary N) is 1. The molecule has 3 aromatic rings. The summed E-state index contributed by atoms with van der Waals surface area (Å²) >= 11 is 0. The first-order chi connectivity index (χ1) is 17.6. The van der Waals surface area contributed by atoms with Crippen LogP contribution in [0.25, 0.3) is 5.57 Å². The number of rotatable bonds is 8. The minimum atomic E-state index is -3.13. The van der Waals surface area contributed by atoms with Gasteiger partial charge in [-0.05, 0) is 60.4 Å². The van der Waals surface area contributed by atoms with E-state index in [2.05, 4.69) is 32.8 Å². The lowest BCUT2D eigenvalue weighted by molar-refractivity contribution is 0.182. The fourth-order valence-corrected chi connectivity index (χ4v) is 5.04. The van der Waals surface area contributed by atoms with Crippen LogP contribution in [0.1, 0.15) is 22.3 Å². The summed E-state index contributed by atoms with van der Waals surface area (Å²) in [6.07, 6.45) is 2.89. The van der Waals surface area contributed by atoms with Crippen molar-refractivity contribution in [2.45, 2.75) is 20.4 Å². The Morgan fingerprint density at radius 2 is 1.76 bits per heavy atom. The molecule has 0 bridgehead atoms. The maximum Gasteiger partial charge on any atom is 0.230 e. The monoisotopic (exact) mass is 518 g/mol. The summed E-state index contributed by atoms with van der Waals surface area (Å²) < 4.78 is 31.0. The Balaban J connectivity index is 1.38. The van der Waals surface area contributed by atoms with Gasteiger partial charge in [-0.1, -0.05) is 18.7 Å². The fourth-order valence-electron chi connectivity index (χ4n) is 4.21. The predicted octanol–water partition coefficient (Wildman–Crippen LogP) is 4.24. The van der Waals surface area contributed by atoms with Crippen molar-refractivity contribution in [2.75, 3.05) is 37.8 Å². The number of nitriles is 1. The number of ether oxygens (including phenoxy) is 1. The standard InChI is InChI=1S/C27H30N6O3S/c1-19-15-23(21(3)17-28)16-20(2)26(19)36-25-9-10-29-27(31-25)30-24-7-5-22(6-8-24)18-32-11-13-33(14-12-32)37(4,34)35/h5-10,15-16H,3,11-14,18H2,1-2,4H3,(H,29,30,31). The summed E-state index contributed by atoms with van der Waals surface area (Å²) in [6.45, 7) is 10.8. The molecule has 0 amide bonds. The van der Waals surface area contributed by atoms with Gasteiger partial charge in [-0.2, -0.15) is 14.6 Å². The molecule has 1 fully saturated rings. The SMILES string of the molecule is C=C(C#N)c1cc(C)c(Oc2ccnc(Nc3ccc(CN4CCN(S(C)(=O)=O)CC4)cc3)n2)c(C)c1. The predicted molar refractivity (Wildman–Crippen MR) is 144 cm³/mol. The Morgan fingerprint density at radius 3 is 2.35 bits per heavy atom. The zero-order valence-electron chi connectivity index (χ0n) is 21.2. The van der Waals surface area contributed by atoms with E-state index in [9.17, 15) is 8.42 Å². The second-order valence-electron chi connectivity index (χ2n) is 9.11. The Morgan fingerprint density at radius 1 is 1.11 bits per heavy atom. The van der Waals surface area contributed by atoms with E-state index in [1.807, 2.05) is 50.2 Å². The first-order valence-corrected chi connectivity index (χ1v) is 13.7. The number of aromatic nitrogens is 2. The van der Waals surface area contributed by atoms with E-state index in [4.69, 9.17) is 10.00 Å². The molecule has 37 heavy (non-hydrogen) atoms. The first-order valence-electron chi connectivity index (χ1n) is 11.9. The minimum Gasteiger partial charge on any atom is -0.438 e. The topological polar surface area (TPSA) is 111 Å². The third-order valence-corrected chi connectivity index (χ3v) is 7.50. The van der Waals surface area contributed by atoms with Crippen molar-refractivity contribution in [3.8, 4) is 17.7 Å². The molecule has 10 heteroatoms. The van der Waals surface area contributed by atoms with Crippen molar-refractivity contribution in [1.82, 2.24) is 19.2 Å². The number of benzene rings is 2. The van der Waals surface area contributed by atoms with Gasteiger partial charge in [0.15, 0.2) is 0 Å². The molecule has 1 N–H and O–H groups in total. The summed E-state index contributed by atoms with van der Waals surface area (Å²) in [7, 11) is -3.13. The molecule has 192 valence electrons. The summed E-state index contributed by atoms with van der Waals surface area (Å²) in [5.41, 5.74) is 4.93. The lowest BCUT2D eigenvalue weighted by atomic mass is 10.0. The fraction of sp³-hybridized carbons (Fsp3) is 0.296. The lowest BCUT2D eigenvalue weighted by Gasteiger charge is -2.33. The Bertz CT molecular complexity index is 1420. The van der Waals surface area contributed by atoms with E-state index in [0.717, 1.165) is 34.5 Å². The van der Waals surface area contributed by atoms with Crippen LogP contribution >= 0.6 is 0 Å². The zero-order chi connectivity index (χ0) is 26.6. The van der Waals surface area contributed by atoms with Crippen molar-refractivity contribution in [3.63, 3.8) is 0 Å². The molecule has 1 aliphatic heterocycles. The van der Waals surface area contributed by atoms with Gasteiger partial charge in [0.1, 0.15) is 5.75 Å². The average molecular weight is 519 g/mol. The van der Waals surface area contributed by atoms with E-state index in [1.54, 1.807) is 12.3 Å². The molecule has 0 aliphatic carbocycles. The third kappa shape index (κ3) is 6.71. The Kier molecular flexibility index (Phi) is 7.88. The highest BCUT2D eigenvalue weighted by Crippen LogP contribution is 2.31. The third-order valence-electron chi connectivity index (χ3n) is 6.20. The van der Waals surface area contributed by atoms with Gasteiger partial charge in [0, 0.05) is 50.7 Å². The van der Waals surface area contributed by atoms with Gasteiger partial charge in [-0.15, -0.1) is 0 Å². The maximum atomic E-state index is 11.7. The number of anilines is 2. The van der Waals surface area contributed by atoms with Crippen LogP contribution in [0.3, 0.4) is 0 Å². The van der Waals surface area contributed by atoms with Gasteiger partial charge in [-0.25, -0.2) is 13.4 Å². The van der Waals surface area contributed by atoms with E-state index in [1.165, 1.54) is 10.6 Å². The van der Waals surface area contributed by atoms with E-state index in [-0.39, 0.29) is 0 Å². The second kappa shape index (κ2) is 11.1. The number of hydrogen-bond acceptors (Lipinski definition) is 8. The molecule has 0 spiro atoms. The van der Waals surface area contributed by atoms with Gasteiger partial charge in [0.05, 0.1) is 17.9 Å². The quantitative estimate of drug-likeness (QED) is 0.441. The van der Waals surface area contributed by atoms with Crippen LogP contribution in [0.2, 0.25) is 0 Å². The number of allylic oxidation sites excluding steroid dienone is 1. The van der Waals surface area contributed by atoms with Gasteiger partial charge < -0.3 is 10.1 Å². The minimum absolute atomic E-state index is 0.403. The Labute approximate surface area is 218 Å². The van der Waals surface area contributed by atoms with Crippen molar-refractivity contribution in [3.05, 3.63) is 77.5 Å². The van der Waals surface area contributed by atoms with Crippen LogP contribution in [0.15, 0.2) is 55.2 Å². The molecule has 0 radical (unpaired) electrons. The molecule has 1 aromatic heterocycles. The van der Waals surface area contributed by atoms with Crippen LogP contribution in [0.4, 0.5) is 11.6 Å². The summed E-state index contributed by atoms with van der Waals surface area (Å²) in [4.78, 5) is 11.0. The molecule has 0 atom stereocenters. The Hall–Kier alpha value is -3.78. The van der Waals surface area contributed by atoms with Crippen molar-refractivity contribution >= 4 is 27.2 Å². The molecular formula is C27H30N6O3S. The summed E-state index contributed by atoms with van der Waals surface area (Å²) in [6, 6.07) is 15.5. The van der Waals surface area contributed by atoms with Crippen LogP contribution in [-0.4, -0.2) is 60.0 Å². The molecule has 0 unspecified atom stereocenters. The van der Waals surface area contributed by atoms with Crippen molar-refractivity contribution in [1.29, 1.82) is 5.26 Å². The second-order valence-corrected chi connectivity index (χ2v) is 11.1. The molecule has 1 aliphatic rings. The molecule has 0 saturated carbocycles. The largest absolute Gasteiger partial charge is 0.438 e. The molecule has 1 saturated heterocycles. The number of sulfonamides is 1. The van der Waals surface area contributed by atoms with E-state index in [0.29, 0.717) is 49.3 Å². The smallest absolute Gasteiger partial charge is 0.230 e. The molecule has 9 nitrogen and oxygen atoms in total. The number of aryl methyl sites for hydroxylation is 2. The normalized spacial score (nSPS) is 14.6.